The second-order valence-corrected chi connectivity index (χ2v) is 7.11. The van der Waals surface area contributed by atoms with Crippen LogP contribution in [0.25, 0.3) is 0 Å². The Morgan fingerprint density at radius 2 is 1.50 bits per heavy atom. The van der Waals surface area contributed by atoms with Crippen molar-refractivity contribution in [2.24, 2.45) is 5.92 Å². The van der Waals surface area contributed by atoms with E-state index in [4.69, 9.17) is 11.6 Å². The molecule has 1 saturated heterocycles. The smallest absolute Gasteiger partial charge is 0.336 e. The summed E-state index contributed by atoms with van der Waals surface area (Å²) in [5.41, 5.74) is -4.00. The predicted octanol–water partition coefficient (Wildman–Crippen LogP) is 4.69. The van der Waals surface area contributed by atoms with Gasteiger partial charge in [-0.2, -0.15) is 26.3 Å². The molecule has 2 N–H and O–H groups in total. The standard InChI is InChI=1S/C19H12ClF6N3O3/c20-11-1-3-13(4-2-11)29-16(31)14(8-27-17(29)32)15(30)28-12-6-9(18(21,22)23)5-10(7-12)19(24,25)26/h1-7,14H,8H2,(H,27,32)(H,28,30). The van der Waals surface area contributed by atoms with Crippen molar-refractivity contribution in [3.63, 3.8) is 0 Å². The summed E-state index contributed by atoms with van der Waals surface area (Å²) in [6, 6.07) is 5.07. The fourth-order valence-corrected chi connectivity index (χ4v) is 3.03. The van der Waals surface area contributed by atoms with Crippen LogP contribution in [0.5, 0.6) is 0 Å². The fourth-order valence-electron chi connectivity index (χ4n) is 2.91. The van der Waals surface area contributed by atoms with Crippen LogP contribution >= 0.6 is 11.6 Å². The van der Waals surface area contributed by atoms with Gasteiger partial charge in [-0.25, -0.2) is 9.69 Å². The molecule has 13 heteroatoms. The molecule has 0 aliphatic carbocycles. The quantitative estimate of drug-likeness (QED) is 0.495. The summed E-state index contributed by atoms with van der Waals surface area (Å²) >= 11 is 5.75. The molecule has 0 spiro atoms. The van der Waals surface area contributed by atoms with Crippen LogP contribution in [0.2, 0.25) is 5.02 Å². The third kappa shape index (κ3) is 4.96. The number of halogens is 7. The van der Waals surface area contributed by atoms with E-state index >= 15 is 0 Å². The Morgan fingerprint density at radius 3 is 2.00 bits per heavy atom. The molecule has 1 aliphatic heterocycles. The van der Waals surface area contributed by atoms with Crippen LogP contribution in [0.4, 0.5) is 42.5 Å². The number of nitrogens with one attached hydrogen (secondary N) is 2. The maximum atomic E-state index is 13.0. The number of carbonyl (C=O) groups is 3. The Labute approximate surface area is 181 Å². The molecule has 0 saturated carbocycles. The molecule has 6 nitrogen and oxygen atoms in total. The molecule has 3 rings (SSSR count). The molecule has 170 valence electrons. The molecule has 1 fully saturated rings. The van der Waals surface area contributed by atoms with E-state index in [9.17, 15) is 40.7 Å². The molecule has 4 amide bonds. The molecular weight excluding hydrogens is 468 g/mol. The van der Waals surface area contributed by atoms with Crippen molar-refractivity contribution in [3.05, 3.63) is 58.6 Å². The highest BCUT2D eigenvalue weighted by Crippen LogP contribution is 2.37. The monoisotopic (exact) mass is 479 g/mol. The van der Waals surface area contributed by atoms with Gasteiger partial charge in [0.2, 0.25) is 11.8 Å². The molecule has 1 heterocycles. The third-order valence-corrected chi connectivity index (χ3v) is 4.69. The van der Waals surface area contributed by atoms with E-state index in [2.05, 4.69) is 5.32 Å². The maximum Gasteiger partial charge on any atom is 0.416 e. The van der Waals surface area contributed by atoms with Gasteiger partial charge in [-0.3, -0.25) is 9.59 Å². The summed E-state index contributed by atoms with van der Waals surface area (Å²) in [6.07, 6.45) is -10.2. The van der Waals surface area contributed by atoms with Gasteiger partial charge >= 0.3 is 18.4 Å². The number of urea groups is 1. The molecule has 1 unspecified atom stereocenters. The number of alkyl halides is 6. The lowest BCUT2D eigenvalue weighted by Crippen LogP contribution is -2.58. The van der Waals surface area contributed by atoms with Crippen LogP contribution in [0, 0.1) is 5.92 Å². The first kappa shape index (κ1) is 23.4. The van der Waals surface area contributed by atoms with Crippen molar-refractivity contribution in [1.29, 1.82) is 0 Å². The van der Waals surface area contributed by atoms with Gasteiger partial charge in [0.15, 0.2) is 0 Å². The van der Waals surface area contributed by atoms with Crippen molar-refractivity contribution in [2.75, 3.05) is 16.8 Å². The van der Waals surface area contributed by atoms with Crippen molar-refractivity contribution < 1.29 is 40.7 Å². The van der Waals surface area contributed by atoms with Gasteiger partial charge < -0.3 is 10.6 Å². The second-order valence-electron chi connectivity index (χ2n) is 6.67. The van der Waals surface area contributed by atoms with Gasteiger partial charge in [-0.15, -0.1) is 0 Å². The summed E-state index contributed by atoms with van der Waals surface area (Å²) in [6.45, 7) is -0.501. The lowest BCUT2D eigenvalue weighted by atomic mass is 10.0. The molecule has 0 aromatic heterocycles. The zero-order chi connectivity index (χ0) is 23.8. The molecule has 1 atom stereocenters. The minimum Gasteiger partial charge on any atom is -0.336 e. The Hall–Kier alpha value is -3.28. The number of nitrogens with zero attached hydrogens (tertiary/aromatic N) is 1. The number of imide groups is 1. The van der Waals surface area contributed by atoms with Gasteiger partial charge in [-0.05, 0) is 42.5 Å². The third-order valence-electron chi connectivity index (χ3n) is 4.44. The Morgan fingerprint density at radius 1 is 0.969 bits per heavy atom. The summed E-state index contributed by atoms with van der Waals surface area (Å²) in [5.74, 6) is -3.81. The van der Waals surface area contributed by atoms with Gasteiger partial charge in [0.25, 0.3) is 0 Å². The zero-order valence-corrected chi connectivity index (χ0v) is 16.4. The lowest BCUT2D eigenvalue weighted by Gasteiger charge is -2.30. The highest BCUT2D eigenvalue weighted by atomic mass is 35.5. The van der Waals surface area contributed by atoms with Crippen LogP contribution in [-0.4, -0.2) is 24.4 Å². The molecule has 0 radical (unpaired) electrons. The Kier molecular flexibility index (Phi) is 6.09. The average molecular weight is 480 g/mol. The summed E-state index contributed by atoms with van der Waals surface area (Å²) in [5, 5.41) is 4.48. The number of amides is 4. The Bertz CT molecular complexity index is 1040. The number of benzene rings is 2. The van der Waals surface area contributed by atoms with Crippen molar-refractivity contribution >= 4 is 40.8 Å². The van der Waals surface area contributed by atoms with E-state index in [1.165, 1.54) is 24.3 Å². The van der Waals surface area contributed by atoms with E-state index in [1.54, 1.807) is 0 Å². The first-order valence-corrected chi connectivity index (χ1v) is 9.13. The highest BCUT2D eigenvalue weighted by molar-refractivity contribution is 6.30. The van der Waals surface area contributed by atoms with Gasteiger partial charge in [0.1, 0.15) is 5.92 Å². The van der Waals surface area contributed by atoms with Crippen molar-refractivity contribution in [1.82, 2.24) is 5.32 Å². The van der Waals surface area contributed by atoms with E-state index < -0.39 is 59.5 Å². The predicted molar refractivity (Wildman–Crippen MR) is 101 cm³/mol. The van der Waals surface area contributed by atoms with Crippen molar-refractivity contribution in [3.8, 4) is 0 Å². The van der Waals surface area contributed by atoms with Gasteiger partial charge in [0.05, 0.1) is 16.8 Å². The molecular formula is C19H12ClF6N3O3. The number of rotatable bonds is 3. The first-order valence-electron chi connectivity index (χ1n) is 8.75. The van der Waals surface area contributed by atoms with Crippen LogP contribution in [0.3, 0.4) is 0 Å². The molecule has 1 aliphatic rings. The molecule has 0 bridgehead atoms. The zero-order valence-electron chi connectivity index (χ0n) is 15.6. The van der Waals surface area contributed by atoms with Crippen LogP contribution in [0.1, 0.15) is 11.1 Å². The minimum absolute atomic E-state index is 0.0628. The van der Waals surface area contributed by atoms with E-state index in [1.807, 2.05) is 5.32 Å². The Balaban J connectivity index is 1.88. The van der Waals surface area contributed by atoms with Crippen LogP contribution in [-0.2, 0) is 21.9 Å². The van der Waals surface area contributed by atoms with Crippen molar-refractivity contribution in [2.45, 2.75) is 12.4 Å². The summed E-state index contributed by atoms with van der Waals surface area (Å²) in [4.78, 5) is 38.0. The lowest BCUT2D eigenvalue weighted by molar-refractivity contribution is -0.143. The highest BCUT2D eigenvalue weighted by Gasteiger charge is 2.41. The number of hydrogen-bond donors (Lipinski definition) is 2. The number of hydrogen-bond acceptors (Lipinski definition) is 3. The summed E-state index contributed by atoms with van der Waals surface area (Å²) in [7, 11) is 0. The molecule has 32 heavy (non-hydrogen) atoms. The average Bonchev–Trinajstić information content (AvgIpc) is 2.68. The molecule has 2 aromatic rings. The van der Waals surface area contributed by atoms with Gasteiger partial charge in [0, 0.05) is 17.3 Å². The second kappa shape index (κ2) is 8.34. The maximum absolute atomic E-state index is 13.0. The van der Waals surface area contributed by atoms with Crippen LogP contribution in [0.15, 0.2) is 42.5 Å². The number of carbonyl (C=O) groups excluding carboxylic acids is 3. The summed E-state index contributed by atoms with van der Waals surface area (Å²) < 4.78 is 78.0. The largest absolute Gasteiger partial charge is 0.416 e. The van der Waals surface area contributed by atoms with E-state index in [-0.39, 0.29) is 11.8 Å². The fraction of sp³-hybridized carbons (Fsp3) is 0.211. The molecule has 2 aromatic carbocycles. The minimum atomic E-state index is -5.11. The van der Waals surface area contributed by atoms with Crippen LogP contribution < -0.4 is 15.5 Å². The van der Waals surface area contributed by atoms with E-state index in [0.717, 1.165) is 0 Å². The normalized spacial score (nSPS) is 17.2. The SMILES string of the molecule is O=C(Nc1cc(C(F)(F)F)cc(C(F)(F)F)c1)C1CNC(=O)N(c2ccc(Cl)cc2)C1=O. The van der Waals surface area contributed by atoms with E-state index in [0.29, 0.717) is 22.1 Å². The number of anilines is 2. The topological polar surface area (TPSA) is 78.5 Å². The van der Waals surface area contributed by atoms with Gasteiger partial charge in [-0.1, -0.05) is 11.6 Å². The first-order chi connectivity index (χ1) is 14.8.